The molecule has 1 saturated heterocycles. The second-order valence-electron chi connectivity index (χ2n) is 9.75. The van der Waals surface area contributed by atoms with Gasteiger partial charge < -0.3 is 14.4 Å². The normalized spacial score (nSPS) is 14.1. The highest BCUT2D eigenvalue weighted by atomic mass is 32.1. The van der Waals surface area contributed by atoms with Gasteiger partial charge >= 0.3 is 5.97 Å². The Morgan fingerprint density at radius 3 is 2.39 bits per heavy atom. The molecular weight excluding hydrogens is 496 g/mol. The number of carbonyl (C=O) groups excluding carboxylic acids is 1. The number of unbranched alkanes of at least 4 members (excludes halogenated alkanes) is 3. The number of piperidine rings is 1. The Morgan fingerprint density at radius 2 is 1.66 bits per heavy atom. The van der Waals surface area contributed by atoms with Crippen molar-refractivity contribution in [3.05, 3.63) is 60.3 Å². The molecule has 4 aromatic rings. The van der Waals surface area contributed by atoms with Crippen LogP contribution in [-0.4, -0.2) is 58.3 Å². The van der Waals surface area contributed by atoms with Gasteiger partial charge in [0, 0.05) is 11.1 Å². The van der Waals surface area contributed by atoms with Crippen LogP contribution in [0.3, 0.4) is 0 Å². The fourth-order valence-electron chi connectivity index (χ4n) is 4.81. The van der Waals surface area contributed by atoms with Crippen molar-refractivity contribution in [3.63, 3.8) is 0 Å². The third-order valence-corrected chi connectivity index (χ3v) is 7.89. The molecule has 38 heavy (non-hydrogen) atoms. The smallest absolute Gasteiger partial charge is 0.338 e. The molecule has 200 valence electrons. The second-order valence-corrected chi connectivity index (χ2v) is 10.7. The van der Waals surface area contributed by atoms with Crippen molar-refractivity contribution in [1.29, 1.82) is 0 Å². The van der Waals surface area contributed by atoms with Crippen LogP contribution >= 0.6 is 11.3 Å². The van der Waals surface area contributed by atoms with Crippen molar-refractivity contribution in [1.82, 2.24) is 19.5 Å². The van der Waals surface area contributed by atoms with Gasteiger partial charge in [-0.05, 0) is 88.6 Å². The van der Waals surface area contributed by atoms with Gasteiger partial charge in [-0.1, -0.05) is 42.7 Å². The number of likely N-dealkylation sites (tertiary alicyclic amines) is 1. The molecule has 0 N–H and O–H groups in total. The van der Waals surface area contributed by atoms with Crippen LogP contribution in [0, 0.1) is 0 Å². The molecule has 0 spiro atoms. The van der Waals surface area contributed by atoms with Crippen molar-refractivity contribution < 1.29 is 14.3 Å². The van der Waals surface area contributed by atoms with E-state index >= 15 is 0 Å². The number of hydrogen-bond acceptors (Lipinski definition) is 7. The summed E-state index contributed by atoms with van der Waals surface area (Å²) in [6, 6.07) is 15.4. The van der Waals surface area contributed by atoms with Crippen LogP contribution in [-0.2, 0) is 4.74 Å². The minimum Gasteiger partial charge on any atom is -0.494 e. The number of ether oxygens (including phenoxy) is 2. The minimum absolute atomic E-state index is 0.314. The fraction of sp³-hybridized carbons (Fsp3) is 0.433. The van der Waals surface area contributed by atoms with E-state index < -0.39 is 0 Å². The van der Waals surface area contributed by atoms with Crippen molar-refractivity contribution in [2.75, 3.05) is 32.8 Å². The first kappa shape index (κ1) is 26.4. The summed E-state index contributed by atoms with van der Waals surface area (Å²) in [6.45, 7) is 6.77. The monoisotopic (exact) mass is 532 g/mol. The fourth-order valence-corrected chi connectivity index (χ4v) is 5.69. The van der Waals surface area contributed by atoms with Gasteiger partial charge in [0.15, 0.2) is 0 Å². The molecule has 0 atom stereocenters. The Hall–Kier alpha value is -3.23. The summed E-state index contributed by atoms with van der Waals surface area (Å²) in [5.41, 5.74) is 3.33. The Balaban J connectivity index is 1.08. The number of fused-ring (bicyclic) bond motifs is 1. The van der Waals surface area contributed by atoms with Crippen molar-refractivity contribution >= 4 is 22.3 Å². The average molecular weight is 533 g/mol. The van der Waals surface area contributed by atoms with Gasteiger partial charge in [-0.2, -0.15) is 5.10 Å². The summed E-state index contributed by atoms with van der Waals surface area (Å²) in [6.07, 6.45) is 11.0. The number of nitrogens with zero attached hydrogens (tertiary/aromatic N) is 4. The first-order valence-electron chi connectivity index (χ1n) is 13.8. The molecule has 0 amide bonds. The van der Waals surface area contributed by atoms with Crippen LogP contribution in [0.25, 0.3) is 26.8 Å². The first-order chi connectivity index (χ1) is 18.7. The molecule has 0 unspecified atom stereocenters. The summed E-state index contributed by atoms with van der Waals surface area (Å²) in [5, 5.41) is 5.63. The highest BCUT2D eigenvalue weighted by Gasteiger charge is 2.13. The molecule has 2 aromatic carbocycles. The number of imidazole rings is 1. The molecule has 1 aliphatic heterocycles. The Kier molecular flexibility index (Phi) is 9.04. The zero-order valence-corrected chi connectivity index (χ0v) is 22.9. The minimum atomic E-state index is -0.314. The van der Waals surface area contributed by atoms with Gasteiger partial charge in [0.05, 0.1) is 30.7 Å². The molecule has 3 heterocycles. The molecule has 7 nitrogen and oxygen atoms in total. The molecule has 0 aliphatic carbocycles. The van der Waals surface area contributed by atoms with Gasteiger partial charge in [0.25, 0.3) is 0 Å². The molecule has 1 aliphatic rings. The second kappa shape index (κ2) is 13.0. The largest absolute Gasteiger partial charge is 0.494 e. The van der Waals surface area contributed by atoms with Gasteiger partial charge in [-0.3, -0.25) is 0 Å². The molecular formula is C30H36N4O3S. The lowest BCUT2D eigenvalue weighted by molar-refractivity contribution is 0.0526. The van der Waals surface area contributed by atoms with E-state index in [0.717, 1.165) is 45.6 Å². The highest BCUT2D eigenvalue weighted by molar-refractivity contribution is 7.19. The van der Waals surface area contributed by atoms with Gasteiger partial charge in [-0.15, -0.1) is 0 Å². The number of hydrogen-bond donors (Lipinski definition) is 0. The zero-order valence-electron chi connectivity index (χ0n) is 22.1. The predicted octanol–water partition coefficient (Wildman–Crippen LogP) is 6.73. The van der Waals surface area contributed by atoms with E-state index in [1.807, 2.05) is 35.0 Å². The maximum absolute atomic E-state index is 11.9. The van der Waals surface area contributed by atoms with Gasteiger partial charge in [0.2, 0.25) is 4.96 Å². The van der Waals surface area contributed by atoms with E-state index in [-0.39, 0.29) is 5.97 Å². The number of aromatic nitrogens is 3. The Labute approximate surface area is 228 Å². The SMILES string of the molecule is CCOC(=O)c1ccc(-c2cn3nc(-c4ccc(OCCCCCCN5CCCCC5)cc4)sc3n2)cc1. The van der Waals surface area contributed by atoms with Crippen LogP contribution in [0.5, 0.6) is 5.75 Å². The predicted molar refractivity (Wildman–Crippen MR) is 152 cm³/mol. The third kappa shape index (κ3) is 6.79. The lowest BCUT2D eigenvalue weighted by Crippen LogP contribution is -2.30. The van der Waals surface area contributed by atoms with E-state index in [4.69, 9.17) is 19.6 Å². The molecule has 1 fully saturated rings. The molecule has 5 rings (SSSR count). The van der Waals surface area contributed by atoms with E-state index in [9.17, 15) is 4.79 Å². The molecule has 0 saturated carbocycles. The summed E-state index contributed by atoms with van der Waals surface area (Å²) in [4.78, 5) is 20.0. The van der Waals surface area contributed by atoms with Crippen LogP contribution in [0.4, 0.5) is 0 Å². The van der Waals surface area contributed by atoms with Gasteiger partial charge in [0.1, 0.15) is 10.8 Å². The zero-order chi connectivity index (χ0) is 26.2. The number of benzene rings is 2. The van der Waals surface area contributed by atoms with E-state index in [1.165, 1.54) is 58.2 Å². The number of rotatable bonds is 12. The first-order valence-corrected chi connectivity index (χ1v) is 14.6. The van der Waals surface area contributed by atoms with Crippen LogP contribution < -0.4 is 4.74 Å². The molecule has 2 aromatic heterocycles. The van der Waals surface area contributed by atoms with Crippen LogP contribution in [0.15, 0.2) is 54.7 Å². The number of carbonyl (C=O) groups is 1. The lowest BCUT2D eigenvalue weighted by Gasteiger charge is -2.26. The summed E-state index contributed by atoms with van der Waals surface area (Å²) in [5.74, 6) is 0.586. The van der Waals surface area contributed by atoms with E-state index in [2.05, 4.69) is 17.0 Å². The standard InChI is InChI=1S/C30H36N4O3S/c1-2-36-29(35)25-12-10-23(11-13-25)27-22-34-30(31-27)38-28(32-34)24-14-16-26(17-15-24)37-21-9-4-3-6-18-33-19-7-5-8-20-33/h10-17,22H,2-9,18-21H2,1H3. The van der Waals surface area contributed by atoms with Crippen molar-refractivity contribution in [2.24, 2.45) is 0 Å². The van der Waals surface area contributed by atoms with E-state index in [0.29, 0.717) is 12.2 Å². The Bertz CT molecular complexity index is 1280. The summed E-state index contributed by atoms with van der Waals surface area (Å²) < 4.78 is 12.8. The Morgan fingerprint density at radius 1 is 0.921 bits per heavy atom. The summed E-state index contributed by atoms with van der Waals surface area (Å²) in [7, 11) is 0. The maximum atomic E-state index is 11.9. The van der Waals surface area contributed by atoms with Crippen LogP contribution in [0.2, 0.25) is 0 Å². The average Bonchev–Trinajstić information content (AvgIpc) is 3.54. The lowest BCUT2D eigenvalue weighted by atomic mass is 10.1. The topological polar surface area (TPSA) is 69.0 Å². The highest BCUT2D eigenvalue weighted by Crippen LogP contribution is 2.29. The maximum Gasteiger partial charge on any atom is 0.338 e. The quantitative estimate of drug-likeness (QED) is 0.149. The van der Waals surface area contributed by atoms with E-state index in [1.54, 1.807) is 30.4 Å². The molecule has 0 bridgehead atoms. The van der Waals surface area contributed by atoms with Crippen molar-refractivity contribution in [3.8, 4) is 27.6 Å². The van der Waals surface area contributed by atoms with Gasteiger partial charge in [-0.25, -0.2) is 14.3 Å². The molecule has 0 radical (unpaired) electrons. The van der Waals surface area contributed by atoms with Crippen LogP contribution in [0.1, 0.15) is 62.2 Å². The third-order valence-electron chi connectivity index (χ3n) is 6.92. The molecule has 8 heteroatoms. The summed E-state index contributed by atoms with van der Waals surface area (Å²) >= 11 is 1.55. The number of esters is 1. The van der Waals surface area contributed by atoms with Crippen molar-refractivity contribution in [2.45, 2.75) is 51.9 Å².